The van der Waals surface area contributed by atoms with Crippen molar-refractivity contribution < 1.29 is 5.11 Å². The zero-order valence-corrected chi connectivity index (χ0v) is 10.9. The van der Waals surface area contributed by atoms with Crippen LogP contribution in [0, 0.1) is 12.8 Å². The second-order valence-corrected chi connectivity index (χ2v) is 4.90. The minimum atomic E-state index is 0.149. The second-order valence-electron chi connectivity index (χ2n) is 4.50. The maximum atomic E-state index is 9.19. The van der Waals surface area contributed by atoms with Gasteiger partial charge in [-0.15, -0.1) is 0 Å². The van der Waals surface area contributed by atoms with Gasteiger partial charge in [-0.25, -0.2) is 0 Å². The molecule has 2 N–H and O–H groups in total. The van der Waals surface area contributed by atoms with E-state index in [1.54, 1.807) is 0 Å². The Bertz CT molecular complexity index is 339. The molecule has 0 amide bonds. The largest absolute Gasteiger partial charge is 0.395 e. The number of benzene rings is 1. The van der Waals surface area contributed by atoms with Crippen LogP contribution in [0.15, 0.2) is 18.2 Å². The number of aryl methyl sites for hydroxylation is 1. The standard InChI is InChI=1S/C13H20ClNO/c1-9(2)13(8-16)15-7-11-4-5-12(14)10(3)6-11/h4-6,9,13,15-16H,7-8H2,1-3H3/t13-/m1/s1. The molecule has 1 aromatic rings. The van der Waals surface area contributed by atoms with Gasteiger partial charge in [-0.3, -0.25) is 0 Å². The van der Waals surface area contributed by atoms with Gasteiger partial charge in [-0.05, 0) is 30.0 Å². The second kappa shape index (κ2) is 6.24. The quantitative estimate of drug-likeness (QED) is 0.831. The zero-order chi connectivity index (χ0) is 12.1. The van der Waals surface area contributed by atoms with Crippen molar-refractivity contribution in [1.82, 2.24) is 5.32 Å². The van der Waals surface area contributed by atoms with Gasteiger partial charge in [-0.1, -0.05) is 37.6 Å². The van der Waals surface area contributed by atoms with Crippen LogP contribution in [-0.4, -0.2) is 17.8 Å². The molecular weight excluding hydrogens is 222 g/mol. The number of aliphatic hydroxyl groups is 1. The number of rotatable bonds is 5. The molecule has 1 rings (SSSR count). The van der Waals surface area contributed by atoms with Gasteiger partial charge in [-0.2, -0.15) is 0 Å². The normalized spacial score (nSPS) is 13.1. The molecule has 1 aromatic carbocycles. The first-order valence-electron chi connectivity index (χ1n) is 5.64. The summed E-state index contributed by atoms with van der Waals surface area (Å²) < 4.78 is 0. The van der Waals surface area contributed by atoms with Crippen LogP contribution >= 0.6 is 11.6 Å². The highest BCUT2D eigenvalue weighted by molar-refractivity contribution is 6.31. The van der Waals surface area contributed by atoms with E-state index >= 15 is 0 Å². The third kappa shape index (κ3) is 3.78. The summed E-state index contributed by atoms with van der Waals surface area (Å²) in [6.45, 7) is 7.13. The highest BCUT2D eigenvalue weighted by atomic mass is 35.5. The lowest BCUT2D eigenvalue weighted by Gasteiger charge is -2.20. The van der Waals surface area contributed by atoms with E-state index in [1.807, 2.05) is 19.1 Å². The molecule has 2 nitrogen and oxygen atoms in total. The Kier molecular flexibility index (Phi) is 5.26. The lowest BCUT2D eigenvalue weighted by Crippen LogP contribution is -2.36. The fourth-order valence-corrected chi connectivity index (χ4v) is 1.69. The van der Waals surface area contributed by atoms with Crippen LogP contribution in [0.4, 0.5) is 0 Å². The van der Waals surface area contributed by atoms with Crippen molar-refractivity contribution in [3.63, 3.8) is 0 Å². The van der Waals surface area contributed by atoms with Gasteiger partial charge in [0.1, 0.15) is 0 Å². The molecule has 0 bridgehead atoms. The number of halogens is 1. The third-order valence-corrected chi connectivity index (χ3v) is 3.22. The van der Waals surface area contributed by atoms with Crippen LogP contribution in [0.1, 0.15) is 25.0 Å². The summed E-state index contributed by atoms with van der Waals surface area (Å²) in [4.78, 5) is 0. The average Bonchev–Trinajstić information content (AvgIpc) is 2.23. The SMILES string of the molecule is Cc1cc(CN[C@H](CO)C(C)C)ccc1Cl. The Balaban J connectivity index is 2.57. The highest BCUT2D eigenvalue weighted by Gasteiger charge is 2.10. The van der Waals surface area contributed by atoms with Crippen LogP contribution in [0.5, 0.6) is 0 Å². The summed E-state index contributed by atoms with van der Waals surface area (Å²) in [5.41, 5.74) is 2.28. The molecule has 0 aliphatic rings. The Morgan fingerprint density at radius 3 is 2.56 bits per heavy atom. The first-order valence-corrected chi connectivity index (χ1v) is 6.01. The predicted molar refractivity (Wildman–Crippen MR) is 68.7 cm³/mol. The average molecular weight is 242 g/mol. The molecule has 0 fully saturated rings. The van der Waals surface area contributed by atoms with Crippen molar-refractivity contribution in [1.29, 1.82) is 0 Å². The van der Waals surface area contributed by atoms with E-state index in [2.05, 4.69) is 25.2 Å². The molecule has 0 unspecified atom stereocenters. The van der Waals surface area contributed by atoms with Gasteiger partial charge in [0.15, 0.2) is 0 Å². The molecule has 0 aromatic heterocycles. The Morgan fingerprint density at radius 2 is 2.06 bits per heavy atom. The van der Waals surface area contributed by atoms with E-state index in [4.69, 9.17) is 11.6 Å². The summed E-state index contributed by atoms with van der Waals surface area (Å²) in [5.74, 6) is 0.429. The maximum absolute atomic E-state index is 9.19. The number of aliphatic hydroxyl groups excluding tert-OH is 1. The summed E-state index contributed by atoms with van der Waals surface area (Å²) in [6, 6.07) is 6.15. The smallest absolute Gasteiger partial charge is 0.0587 e. The van der Waals surface area contributed by atoms with Crippen molar-refractivity contribution in [2.45, 2.75) is 33.4 Å². The number of hydrogen-bond donors (Lipinski definition) is 2. The van der Waals surface area contributed by atoms with Crippen LogP contribution < -0.4 is 5.32 Å². The van der Waals surface area contributed by atoms with Gasteiger partial charge in [0, 0.05) is 17.6 Å². The minimum absolute atomic E-state index is 0.149. The first-order chi connectivity index (χ1) is 7.54. The molecule has 3 heteroatoms. The summed E-state index contributed by atoms with van der Waals surface area (Å²) in [6.07, 6.45) is 0. The Hall–Kier alpha value is -0.570. The van der Waals surface area contributed by atoms with Crippen molar-refractivity contribution in [2.75, 3.05) is 6.61 Å². The fraction of sp³-hybridized carbons (Fsp3) is 0.538. The molecule has 0 saturated heterocycles. The maximum Gasteiger partial charge on any atom is 0.0587 e. The molecule has 0 heterocycles. The molecule has 16 heavy (non-hydrogen) atoms. The van der Waals surface area contributed by atoms with Crippen molar-refractivity contribution in [3.05, 3.63) is 34.3 Å². The molecule has 90 valence electrons. The van der Waals surface area contributed by atoms with E-state index in [-0.39, 0.29) is 12.6 Å². The Labute approximate surface area is 103 Å². The van der Waals surface area contributed by atoms with Crippen LogP contribution in [-0.2, 0) is 6.54 Å². The fourth-order valence-electron chi connectivity index (χ4n) is 1.58. The van der Waals surface area contributed by atoms with E-state index < -0.39 is 0 Å². The van der Waals surface area contributed by atoms with E-state index in [9.17, 15) is 5.11 Å². The van der Waals surface area contributed by atoms with Crippen molar-refractivity contribution >= 4 is 11.6 Å². The van der Waals surface area contributed by atoms with Gasteiger partial charge >= 0.3 is 0 Å². The highest BCUT2D eigenvalue weighted by Crippen LogP contribution is 2.16. The third-order valence-electron chi connectivity index (χ3n) is 2.79. The molecule has 0 aliphatic carbocycles. The molecule has 0 spiro atoms. The summed E-state index contributed by atoms with van der Waals surface area (Å²) >= 11 is 5.96. The monoisotopic (exact) mass is 241 g/mol. The van der Waals surface area contributed by atoms with E-state index in [0.29, 0.717) is 5.92 Å². The number of nitrogens with one attached hydrogen (secondary N) is 1. The van der Waals surface area contributed by atoms with Crippen molar-refractivity contribution in [2.24, 2.45) is 5.92 Å². The number of hydrogen-bond acceptors (Lipinski definition) is 2. The van der Waals surface area contributed by atoms with Crippen molar-refractivity contribution in [3.8, 4) is 0 Å². The molecular formula is C13H20ClNO. The van der Waals surface area contributed by atoms with E-state index in [1.165, 1.54) is 5.56 Å². The van der Waals surface area contributed by atoms with Crippen LogP contribution in [0.25, 0.3) is 0 Å². The van der Waals surface area contributed by atoms with E-state index in [0.717, 1.165) is 17.1 Å². The summed E-state index contributed by atoms with van der Waals surface area (Å²) in [7, 11) is 0. The molecule has 0 aliphatic heterocycles. The topological polar surface area (TPSA) is 32.3 Å². The van der Waals surface area contributed by atoms with Gasteiger partial charge < -0.3 is 10.4 Å². The molecule has 0 saturated carbocycles. The van der Waals surface area contributed by atoms with Crippen LogP contribution in [0.3, 0.4) is 0 Å². The predicted octanol–water partition coefficient (Wildman–Crippen LogP) is 2.75. The lowest BCUT2D eigenvalue weighted by atomic mass is 10.0. The van der Waals surface area contributed by atoms with Gasteiger partial charge in [0.2, 0.25) is 0 Å². The molecule has 0 radical (unpaired) electrons. The zero-order valence-electron chi connectivity index (χ0n) is 10.1. The summed E-state index contributed by atoms with van der Waals surface area (Å²) in [5, 5.41) is 13.3. The van der Waals surface area contributed by atoms with Crippen LogP contribution in [0.2, 0.25) is 5.02 Å². The Morgan fingerprint density at radius 1 is 1.38 bits per heavy atom. The molecule has 1 atom stereocenters. The minimum Gasteiger partial charge on any atom is -0.395 e. The van der Waals surface area contributed by atoms with Gasteiger partial charge in [0.25, 0.3) is 0 Å². The lowest BCUT2D eigenvalue weighted by molar-refractivity contribution is 0.210. The van der Waals surface area contributed by atoms with Gasteiger partial charge in [0.05, 0.1) is 6.61 Å². The first kappa shape index (κ1) is 13.5.